The number of ether oxygens (including phenoxy) is 1. The number of aliphatic hydroxyl groups excluding tert-OH is 1. The highest BCUT2D eigenvalue weighted by Gasteiger charge is 2.68. The zero-order valence-electron chi connectivity index (χ0n) is 27.0. The Labute approximate surface area is 274 Å². The number of amides is 2. The number of aliphatic hydroxyl groups is 2. The maximum Gasteiger partial charge on any atom is 0.327 e. The number of aliphatic carboxylic acids is 1. The molecule has 0 heterocycles. The fraction of sp³-hybridized carbons (Fsp3) is 0.758. The molecule has 256 valence electrons. The van der Waals surface area contributed by atoms with Gasteiger partial charge in [0.1, 0.15) is 17.7 Å². The van der Waals surface area contributed by atoms with Gasteiger partial charge >= 0.3 is 11.9 Å². The Morgan fingerprint density at radius 2 is 1.76 bits per heavy atom. The van der Waals surface area contributed by atoms with Gasteiger partial charge in [-0.05, 0) is 73.7 Å². The molecule has 3 saturated carbocycles. The average Bonchev–Trinajstić information content (AvgIpc) is 3.26. The van der Waals surface area contributed by atoms with Crippen molar-refractivity contribution in [3.63, 3.8) is 0 Å². The standard InChI is InChI=1S/C33H48N2O10S/c1-17(2)28(29(41)34-22(16-46)30(42)43)35-25(39)7-8-26(40)45-15-24(38)33(44)12-10-21-20-6-5-18-13-19(36)9-11-31(18,3)27(20)23(37)14-32(21,33)4/h13,17,20-23,27-28,37,44,46H,5-12,14-16H2,1-4H3,(H,34,41)(H,35,39)(H,42,43)/t20?,21?,22?,23?,27?,28?,31-,32-,33-/m0/s1. The fourth-order valence-corrected chi connectivity index (χ4v) is 9.18. The van der Waals surface area contributed by atoms with Crippen molar-refractivity contribution < 1.29 is 48.8 Å². The van der Waals surface area contributed by atoms with Crippen LogP contribution in [0.15, 0.2) is 11.6 Å². The Hall–Kier alpha value is -2.77. The van der Waals surface area contributed by atoms with Crippen LogP contribution in [-0.2, 0) is 33.5 Å². The fourth-order valence-electron chi connectivity index (χ4n) is 8.93. The molecule has 13 heteroatoms. The second kappa shape index (κ2) is 13.8. The number of nitrogens with one attached hydrogen (secondary N) is 2. The van der Waals surface area contributed by atoms with Gasteiger partial charge in [0.25, 0.3) is 0 Å². The molecule has 3 fully saturated rings. The minimum Gasteiger partial charge on any atom is -0.480 e. The number of allylic oxidation sites excluding steroid dienone is 1. The van der Waals surface area contributed by atoms with E-state index in [2.05, 4.69) is 30.2 Å². The molecule has 6 unspecified atom stereocenters. The quantitative estimate of drug-likeness (QED) is 0.132. The lowest BCUT2D eigenvalue weighted by atomic mass is 9.45. The SMILES string of the molecule is CC(C)C(NC(=O)CCC(=O)OCC(=O)[C@@]1(O)CCC2C3CCC4=CC(=O)CC[C@]4(C)C3C(O)C[C@@]21C)C(=O)NC(CS)C(=O)O. The zero-order chi connectivity index (χ0) is 34.2. The van der Waals surface area contributed by atoms with Crippen molar-refractivity contribution in [3.05, 3.63) is 11.6 Å². The molecule has 46 heavy (non-hydrogen) atoms. The maximum atomic E-state index is 13.5. The number of ketones is 2. The molecule has 0 radical (unpaired) electrons. The molecule has 0 bridgehead atoms. The first-order valence-electron chi connectivity index (χ1n) is 16.2. The Bertz CT molecular complexity index is 1300. The first kappa shape index (κ1) is 36.1. The van der Waals surface area contributed by atoms with Gasteiger partial charge in [-0.25, -0.2) is 4.79 Å². The highest BCUT2D eigenvalue weighted by atomic mass is 32.1. The Morgan fingerprint density at radius 1 is 1.07 bits per heavy atom. The average molecular weight is 665 g/mol. The van der Waals surface area contributed by atoms with Crippen molar-refractivity contribution >= 4 is 47.9 Å². The highest BCUT2D eigenvalue weighted by Crippen LogP contribution is 2.67. The molecule has 0 saturated heterocycles. The van der Waals surface area contributed by atoms with Crippen LogP contribution in [0.25, 0.3) is 0 Å². The summed E-state index contributed by atoms with van der Waals surface area (Å²) >= 11 is 3.92. The first-order chi connectivity index (χ1) is 21.5. The van der Waals surface area contributed by atoms with Gasteiger partial charge in [-0.2, -0.15) is 12.6 Å². The summed E-state index contributed by atoms with van der Waals surface area (Å²) in [5, 5.41) is 37.4. The van der Waals surface area contributed by atoms with Crippen molar-refractivity contribution in [1.29, 1.82) is 0 Å². The zero-order valence-corrected chi connectivity index (χ0v) is 27.9. The van der Waals surface area contributed by atoms with E-state index in [1.54, 1.807) is 19.9 Å². The summed E-state index contributed by atoms with van der Waals surface area (Å²) in [4.78, 5) is 74.5. The van der Waals surface area contributed by atoms with Crippen molar-refractivity contribution in [3.8, 4) is 0 Å². The number of carbonyl (C=O) groups excluding carboxylic acids is 5. The molecule has 2 amide bonds. The van der Waals surface area contributed by atoms with Gasteiger partial charge in [0.05, 0.1) is 12.5 Å². The molecule has 4 aliphatic rings. The lowest BCUT2D eigenvalue weighted by molar-refractivity contribution is -0.184. The van der Waals surface area contributed by atoms with Gasteiger partial charge in [0, 0.05) is 24.0 Å². The van der Waals surface area contributed by atoms with E-state index in [9.17, 15) is 39.0 Å². The number of hydrogen-bond donors (Lipinski definition) is 6. The summed E-state index contributed by atoms with van der Waals surface area (Å²) in [6, 6.07) is -2.27. The third kappa shape index (κ3) is 6.64. The number of esters is 1. The third-order valence-corrected chi connectivity index (χ3v) is 11.9. The molecule has 0 aromatic heterocycles. The van der Waals surface area contributed by atoms with Crippen LogP contribution < -0.4 is 10.6 Å². The predicted molar refractivity (Wildman–Crippen MR) is 168 cm³/mol. The van der Waals surface area contributed by atoms with E-state index in [-0.39, 0.29) is 66.3 Å². The molecule has 4 aliphatic carbocycles. The number of rotatable bonds is 12. The summed E-state index contributed by atoms with van der Waals surface area (Å²) in [6.07, 6.45) is 3.94. The Kier molecular flexibility index (Phi) is 10.8. The van der Waals surface area contributed by atoms with E-state index in [4.69, 9.17) is 9.84 Å². The van der Waals surface area contributed by atoms with Crippen LogP contribution in [0, 0.1) is 34.5 Å². The summed E-state index contributed by atoms with van der Waals surface area (Å²) in [6.45, 7) is 6.66. The molecule has 0 aliphatic heterocycles. The number of carbonyl (C=O) groups is 6. The van der Waals surface area contributed by atoms with E-state index < -0.39 is 65.3 Å². The van der Waals surface area contributed by atoms with E-state index in [1.165, 1.54) is 0 Å². The van der Waals surface area contributed by atoms with Crippen molar-refractivity contribution in [1.82, 2.24) is 10.6 Å². The Morgan fingerprint density at radius 3 is 2.39 bits per heavy atom. The normalized spacial score (nSPS) is 34.7. The van der Waals surface area contributed by atoms with Crippen LogP contribution in [-0.4, -0.2) is 86.8 Å². The number of thiol groups is 1. The van der Waals surface area contributed by atoms with E-state index in [1.807, 2.05) is 6.92 Å². The van der Waals surface area contributed by atoms with E-state index in [0.29, 0.717) is 19.3 Å². The van der Waals surface area contributed by atoms with Crippen LogP contribution in [0.5, 0.6) is 0 Å². The minimum atomic E-state index is -1.79. The van der Waals surface area contributed by atoms with Crippen molar-refractivity contribution in [2.24, 2.45) is 34.5 Å². The van der Waals surface area contributed by atoms with Gasteiger partial charge < -0.3 is 30.7 Å². The highest BCUT2D eigenvalue weighted by molar-refractivity contribution is 7.80. The monoisotopic (exact) mass is 664 g/mol. The summed E-state index contributed by atoms with van der Waals surface area (Å²) in [7, 11) is 0. The molecule has 4 rings (SSSR count). The predicted octanol–water partition coefficient (Wildman–Crippen LogP) is 1.75. The van der Waals surface area contributed by atoms with Crippen molar-refractivity contribution in [2.45, 2.75) is 109 Å². The van der Waals surface area contributed by atoms with Crippen molar-refractivity contribution in [2.75, 3.05) is 12.4 Å². The van der Waals surface area contributed by atoms with Crippen LogP contribution >= 0.6 is 12.6 Å². The molecule has 0 spiro atoms. The topological polar surface area (TPSA) is 196 Å². The molecule has 12 nitrogen and oxygen atoms in total. The first-order valence-corrected chi connectivity index (χ1v) is 16.9. The van der Waals surface area contributed by atoms with E-state index >= 15 is 0 Å². The van der Waals surface area contributed by atoms with Crippen LogP contribution in [0.4, 0.5) is 0 Å². The molecule has 9 atom stereocenters. The molecular weight excluding hydrogens is 616 g/mol. The number of fused-ring (bicyclic) bond motifs is 5. The third-order valence-electron chi connectivity index (χ3n) is 11.5. The van der Waals surface area contributed by atoms with Gasteiger partial charge in [-0.15, -0.1) is 0 Å². The van der Waals surface area contributed by atoms with Gasteiger partial charge in [-0.1, -0.05) is 33.3 Å². The molecule has 0 aromatic carbocycles. The van der Waals surface area contributed by atoms with Gasteiger partial charge in [-0.3, -0.25) is 24.0 Å². The second-order valence-corrected chi connectivity index (χ2v) is 14.8. The lowest BCUT2D eigenvalue weighted by Crippen LogP contribution is -2.62. The minimum absolute atomic E-state index is 0.0186. The summed E-state index contributed by atoms with van der Waals surface area (Å²) in [5.41, 5.74) is -1.91. The molecule has 5 N–H and O–H groups in total. The van der Waals surface area contributed by atoms with Crippen LogP contribution in [0.1, 0.15) is 85.5 Å². The maximum absolute atomic E-state index is 13.5. The molecular formula is C33H48N2O10S. The number of carboxylic acids is 1. The number of Topliss-reactive ketones (excluding diaryl/α,β-unsaturated/α-hetero) is 1. The molecule has 0 aromatic rings. The smallest absolute Gasteiger partial charge is 0.327 e. The lowest BCUT2D eigenvalue weighted by Gasteiger charge is -2.60. The van der Waals surface area contributed by atoms with E-state index in [0.717, 1.165) is 18.4 Å². The second-order valence-electron chi connectivity index (χ2n) is 14.4. The van der Waals surface area contributed by atoms with Gasteiger partial charge in [0.2, 0.25) is 17.6 Å². The van der Waals surface area contributed by atoms with Crippen LogP contribution in [0.3, 0.4) is 0 Å². The summed E-state index contributed by atoms with van der Waals surface area (Å²) < 4.78 is 5.20. The number of carboxylic acid groups (broad SMARTS) is 1. The summed E-state index contributed by atoms with van der Waals surface area (Å²) in [5.74, 6) is -4.45. The van der Waals surface area contributed by atoms with Crippen LogP contribution in [0.2, 0.25) is 0 Å². The Balaban J connectivity index is 1.33. The van der Waals surface area contributed by atoms with Gasteiger partial charge in [0.15, 0.2) is 12.4 Å². The largest absolute Gasteiger partial charge is 0.480 e. The number of hydrogen-bond acceptors (Lipinski definition) is 10.